The molecule has 0 unspecified atom stereocenters. The van der Waals surface area contributed by atoms with Crippen LogP contribution in [0.2, 0.25) is 0 Å². The number of fused-ring (bicyclic) bond motifs is 4. The average Bonchev–Trinajstić information content (AvgIpc) is 3.83. The van der Waals surface area contributed by atoms with Crippen LogP contribution in [0.1, 0.15) is 47.2 Å². The number of halogens is 2. The molecule has 6 heterocycles. The predicted octanol–water partition coefficient (Wildman–Crippen LogP) is 4.28. The van der Waals surface area contributed by atoms with Crippen LogP contribution >= 0.6 is 28.3 Å². The molecule has 2 aromatic carbocycles. The van der Waals surface area contributed by atoms with Crippen molar-refractivity contribution in [3.8, 4) is 11.3 Å². The lowest BCUT2D eigenvalue weighted by Crippen LogP contribution is -2.29. The maximum atomic E-state index is 8.86. The van der Waals surface area contributed by atoms with Crippen molar-refractivity contribution in [2.75, 3.05) is 22.9 Å². The minimum atomic E-state index is -1.50. The van der Waals surface area contributed by atoms with Crippen molar-refractivity contribution in [1.29, 1.82) is 0 Å². The van der Waals surface area contributed by atoms with Crippen molar-refractivity contribution in [2.45, 2.75) is 47.2 Å². The molecule has 18 nitrogen and oxygen atoms in total. The lowest BCUT2D eigenvalue weighted by Gasteiger charge is -2.05. The normalized spacial score (nSPS) is 10.9. The Balaban J connectivity index is 0.000000182. The number of hydrogen-bond acceptors (Lipinski definition) is 16. The van der Waals surface area contributed by atoms with E-state index in [1.54, 1.807) is 6.07 Å². The molecule has 0 amide bonds. The second-order valence-corrected chi connectivity index (χ2v) is 12.3. The van der Waals surface area contributed by atoms with Crippen molar-refractivity contribution < 1.29 is 18.9 Å². The third kappa shape index (κ3) is 7.69. The van der Waals surface area contributed by atoms with Gasteiger partial charge in [-0.25, -0.2) is 29.3 Å². The maximum absolute atomic E-state index is 8.86. The van der Waals surface area contributed by atoms with E-state index in [-0.39, 0.29) is 43.9 Å². The number of aromatic nitrogens is 10. The summed E-state index contributed by atoms with van der Waals surface area (Å²) in [7, 11) is -1.50. The molecule has 6 aromatic heterocycles. The van der Waals surface area contributed by atoms with Gasteiger partial charge in [0.2, 0.25) is 0 Å². The molecular formula is C31H37BBrClN14O4. The van der Waals surface area contributed by atoms with Gasteiger partial charge in [-0.2, -0.15) is 20.2 Å². The third-order valence-corrected chi connectivity index (χ3v) is 7.93. The van der Waals surface area contributed by atoms with Gasteiger partial charge in [-0.15, -0.1) is 12.4 Å². The molecule has 8 aromatic rings. The summed E-state index contributed by atoms with van der Waals surface area (Å²) in [5, 5.41) is 28.2. The molecule has 10 N–H and O–H groups in total. The highest BCUT2D eigenvalue weighted by Crippen LogP contribution is 2.33. The van der Waals surface area contributed by atoms with Gasteiger partial charge in [-0.3, -0.25) is 0 Å². The molecule has 0 aliphatic rings. The molecular weight excluding hydrogens is 759 g/mol. The Labute approximate surface area is 311 Å². The number of nitrogen functional groups attached to an aromatic ring is 4. The molecule has 8 rings (SSSR count). The number of oxazole rings is 2. The van der Waals surface area contributed by atoms with E-state index >= 15 is 0 Å². The molecule has 0 spiro atoms. The molecule has 272 valence electrons. The number of benzene rings is 2. The van der Waals surface area contributed by atoms with E-state index in [9.17, 15) is 0 Å². The van der Waals surface area contributed by atoms with E-state index in [2.05, 4.69) is 56.0 Å². The smallest absolute Gasteiger partial charge is 0.424 e. The van der Waals surface area contributed by atoms with Gasteiger partial charge in [0.25, 0.3) is 12.0 Å². The Morgan fingerprint density at radius 2 is 1.21 bits per heavy atom. The maximum Gasteiger partial charge on any atom is 0.488 e. The van der Waals surface area contributed by atoms with E-state index in [0.29, 0.717) is 49.5 Å². The van der Waals surface area contributed by atoms with Crippen LogP contribution in [0.3, 0.4) is 0 Å². The summed E-state index contributed by atoms with van der Waals surface area (Å²) in [6.07, 6.45) is 2.90. The van der Waals surface area contributed by atoms with E-state index in [4.69, 9.17) is 41.8 Å². The van der Waals surface area contributed by atoms with Crippen LogP contribution in [0, 0.1) is 0 Å². The second kappa shape index (κ2) is 15.8. The fourth-order valence-electron chi connectivity index (χ4n) is 5.09. The van der Waals surface area contributed by atoms with Crippen LogP contribution < -0.4 is 28.4 Å². The van der Waals surface area contributed by atoms with Gasteiger partial charge in [0.1, 0.15) is 45.6 Å². The Hall–Kier alpha value is -5.57. The van der Waals surface area contributed by atoms with Gasteiger partial charge < -0.3 is 41.8 Å². The number of nitrogens with zero attached hydrogens (tertiary/aromatic N) is 10. The highest BCUT2D eigenvalue weighted by molar-refractivity contribution is 9.10. The van der Waals surface area contributed by atoms with Crippen LogP contribution in [0.4, 0.5) is 23.7 Å². The average molecular weight is 796 g/mol. The highest BCUT2D eigenvalue weighted by Gasteiger charge is 2.19. The van der Waals surface area contributed by atoms with Crippen LogP contribution in [0.5, 0.6) is 0 Å². The number of rotatable bonds is 4. The molecule has 0 saturated heterocycles. The molecule has 52 heavy (non-hydrogen) atoms. The van der Waals surface area contributed by atoms with Crippen molar-refractivity contribution in [2.24, 2.45) is 0 Å². The number of hydrogen-bond donors (Lipinski definition) is 6. The van der Waals surface area contributed by atoms with Gasteiger partial charge >= 0.3 is 7.12 Å². The van der Waals surface area contributed by atoms with Gasteiger partial charge in [-0.1, -0.05) is 13.5 Å². The zero-order valence-corrected chi connectivity index (χ0v) is 30.0. The zero-order valence-electron chi connectivity index (χ0n) is 27.6. The van der Waals surface area contributed by atoms with Crippen LogP contribution in [0.15, 0.2) is 62.5 Å². The SMILES string of the molecule is C.CC(C)n1nc(-c2ccc3oc(N)nc3c2)c2c(N)ncnc21.CC(C)n1nc(Br)c2c(N)ncnc21.Cl.Nc1nc2cc(B(O)O)ccc2o1. The molecule has 0 radical (unpaired) electrons. The first-order valence-corrected chi connectivity index (χ1v) is 15.9. The van der Waals surface area contributed by atoms with E-state index in [0.717, 1.165) is 27.7 Å². The highest BCUT2D eigenvalue weighted by atomic mass is 79.9. The molecule has 0 aliphatic carbocycles. The van der Waals surface area contributed by atoms with E-state index in [1.165, 1.54) is 24.8 Å². The summed E-state index contributed by atoms with van der Waals surface area (Å²) in [6, 6.07) is 10.8. The van der Waals surface area contributed by atoms with Gasteiger partial charge in [0, 0.05) is 17.6 Å². The molecule has 21 heteroatoms. The van der Waals surface area contributed by atoms with E-state index in [1.807, 2.05) is 55.3 Å². The molecule has 0 fully saturated rings. The predicted molar refractivity (Wildman–Crippen MR) is 208 cm³/mol. The monoisotopic (exact) mass is 794 g/mol. The summed E-state index contributed by atoms with van der Waals surface area (Å²) < 4.78 is 14.7. The Morgan fingerprint density at radius 1 is 0.712 bits per heavy atom. The zero-order chi connectivity index (χ0) is 35.9. The molecule has 0 bridgehead atoms. The Kier molecular flexibility index (Phi) is 11.9. The van der Waals surface area contributed by atoms with E-state index < -0.39 is 7.12 Å². The van der Waals surface area contributed by atoms with Crippen molar-refractivity contribution in [1.82, 2.24) is 49.5 Å². The van der Waals surface area contributed by atoms with Gasteiger partial charge in [-0.05, 0) is 79.4 Å². The summed E-state index contributed by atoms with van der Waals surface area (Å²) in [6.45, 7) is 8.15. The van der Waals surface area contributed by atoms with Gasteiger partial charge in [0.05, 0.1) is 10.8 Å². The van der Waals surface area contributed by atoms with Crippen LogP contribution in [-0.2, 0) is 0 Å². The summed E-state index contributed by atoms with van der Waals surface area (Å²) in [4.78, 5) is 24.5. The minimum absolute atomic E-state index is 0. The molecule has 0 saturated carbocycles. The van der Waals surface area contributed by atoms with Crippen molar-refractivity contribution in [3.63, 3.8) is 0 Å². The first-order valence-electron chi connectivity index (χ1n) is 15.1. The fourth-order valence-corrected chi connectivity index (χ4v) is 5.64. The minimum Gasteiger partial charge on any atom is -0.424 e. The summed E-state index contributed by atoms with van der Waals surface area (Å²) in [5.41, 5.74) is 28.5. The summed E-state index contributed by atoms with van der Waals surface area (Å²) >= 11 is 3.34. The molecule has 0 aliphatic heterocycles. The Morgan fingerprint density at radius 3 is 1.77 bits per heavy atom. The van der Waals surface area contributed by atoms with Crippen molar-refractivity contribution in [3.05, 3.63) is 53.7 Å². The van der Waals surface area contributed by atoms with Gasteiger partial charge in [0.15, 0.2) is 22.5 Å². The summed E-state index contributed by atoms with van der Waals surface area (Å²) in [5.74, 6) is 0.852. The Bertz CT molecular complexity index is 2480. The first kappa shape index (κ1) is 39.2. The number of anilines is 4. The first-order chi connectivity index (χ1) is 23.8. The quantitative estimate of drug-likeness (QED) is 0.136. The topological polar surface area (TPSA) is 284 Å². The third-order valence-electron chi connectivity index (χ3n) is 7.38. The molecule has 0 atom stereocenters. The van der Waals surface area contributed by atoms with Crippen molar-refractivity contribution >= 4 is 109 Å². The largest absolute Gasteiger partial charge is 0.488 e. The number of nitrogens with two attached hydrogens (primary N) is 4. The fraction of sp³-hybridized carbons (Fsp3) is 0.226. The second-order valence-electron chi connectivity index (χ2n) is 11.5. The standard InChI is InChI=1S/C15H15N7O.C8H10BrN5.C7H7BN2O3.CH4.ClH/c1-7(2)22-14-11(13(16)18-6-19-14)12(21-22)8-3-4-10-9(5-8)20-15(17)23-10;1-4(2)14-8-5(6(9)13-14)7(10)11-3-12-8;9-7-10-5-3-4(8(11)12)1-2-6(5)13-7;;/h3-7H,1-2H3,(H2,17,20)(H2,16,18,19);3-4H,1-2H3,(H2,10,11,12);1-3,11-12H,(H2,9,10);1H4;1H. The lowest BCUT2D eigenvalue weighted by molar-refractivity contribution is 0.426. The van der Waals surface area contributed by atoms with Crippen LogP contribution in [-0.4, -0.2) is 66.6 Å². The lowest BCUT2D eigenvalue weighted by atomic mass is 9.80. The van der Waals surface area contributed by atoms with Crippen LogP contribution in [0.25, 0.3) is 55.5 Å².